The summed E-state index contributed by atoms with van der Waals surface area (Å²) in [6.07, 6.45) is 3.71. The molecule has 0 unspecified atom stereocenters. The van der Waals surface area contributed by atoms with Crippen LogP contribution < -0.4 is 9.80 Å². The molecule has 3 aromatic heterocycles. The first-order valence-corrected chi connectivity index (χ1v) is 10.1. The number of aryl methyl sites for hydroxylation is 1. The van der Waals surface area contributed by atoms with Gasteiger partial charge in [0.05, 0.1) is 0 Å². The van der Waals surface area contributed by atoms with Crippen LogP contribution in [0.5, 0.6) is 0 Å². The Kier molecular flexibility index (Phi) is 4.85. The van der Waals surface area contributed by atoms with Gasteiger partial charge in [0.1, 0.15) is 17.3 Å². The van der Waals surface area contributed by atoms with Crippen molar-refractivity contribution in [3.05, 3.63) is 78.9 Å². The molecular formula is C23H23N7. The van der Waals surface area contributed by atoms with Crippen LogP contribution in [-0.2, 0) is 0 Å². The number of aromatic nitrogens is 5. The second-order valence-corrected chi connectivity index (χ2v) is 7.30. The Bertz CT molecular complexity index is 1120. The summed E-state index contributed by atoms with van der Waals surface area (Å²) >= 11 is 0. The van der Waals surface area contributed by atoms with Crippen LogP contribution in [0.1, 0.15) is 5.82 Å². The zero-order valence-electron chi connectivity index (χ0n) is 16.9. The molecule has 1 aliphatic rings. The second kappa shape index (κ2) is 7.94. The first-order chi connectivity index (χ1) is 14.8. The number of para-hydroxylation sites is 1. The number of nitrogens with zero attached hydrogens (tertiary/aromatic N) is 7. The van der Waals surface area contributed by atoms with E-state index in [9.17, 15) is 0 Å². The van der Waals surface area contributed by atoms with Gasteiger partial charge in [-0.25, -0.2) is 4.98 Å². The standard InChI is InChI=1S/C23H23N7/c1-18-26-27-23(30(18)19-7-3-2-4-8-19)21-17-20(10-12-24-21)28-13-15-29(16-14-28)22-9-5-6-11-25-22/h2-12,17H,13-16H2,1H3. The van der Waals surface area contributed by atoms with Gasteiger partial charge in [-0.1, -0.05) is 24.3 Å². The minimum atomic E-state index is 0.757. The highest BCUT2D eigenvalue weighted by atomic mass is 15.3. The number of rotatable bonds is 4. The molecule has 1 aliphatic heterocycles. The lowest BCUT2D eigenvalue weighted by Gasteiger charge is -2.36. The number of hydrogen-bond donors (Lipinski definition) is 0. The maximum atomic E-state index is 4.60. The van der Waals surface area contributed by atoms with Crippen LogP contribution >= 0.6 is 0 Å². The van der Waals surface area contributed by atoms with Crippen molar-refractivity contribution >= 4 is 11.5 Å². The Hall–Kier alpha value is -3.74. The Labute approximate surface area is 175 Å². The molecule has 0 radical (unpaired) electrons. The maximum absolute atomic E-state index is 4.60. The minimum Gasteiger partial charge on any atom is -0.368 e. The van der Waals surface area contributed by atoms with Gasteiger partial charge < -0.3 is 9.80 Å². The van der Waals surface area contributed by atoms with Crippen molar-refractivity contribution < 1.29 is 0 Å². The number of pyridine rings is 2. The predicted molar refractivity (Wildman–Crippen MR) is 118 cm³/mol. The zero-order chi connectivity index (χ0) is 20.3. The van der Waals surface area contributed by atoms with Crippen molar-refractivity contribution in [1.82, 2.24) is 24.7 Å². The number of hydrogen-bond acceptors (Lipinski definition) is 6. The number of piperazine rings is 1. The summed E-state index contributed by atoms with van der Waals surface area (Å²) in [7, 11) is 0. The molecular weight excluding hydrogens is 374 g/mol. The Morgan fingerprint density at radius 2 is 1.47 bits per heavy atom. The molecule has 4 heterocycles. The molecule has 1 fully saturated rings. The molecule has 0 amide bonds. The Morgan fingerprint density at radius 3 is 2.23 bits per heavy atom. The number of benzene rings is 1. The van der Waals surface area contributed by atoms with E-state index in [2.05, 4.69) is 60.3 Å². The van der Waals surface area contributed by atoms with Crippen LogP contribution in [0, 0.1) is 6.92 Å². The lowest BCUT2D eigenvalue weighted by atomic mass is 10.2. The van der Waals surface area contributed by atoms with Crippen LogP contribution in [-0.4, -0.2) is 50.9 Å². The number of anilines is 2. The van der Waals surface area contributed by atoms with Gasteiger partial charge in [-0.2, -0.15) is 0 Å². The lowest BCUT2D eigenvalue weighted by Crippen LogP contribution is -2.46. The molecule has 0 saturated carbocycles. The highest BCUT2D eigenvalue weighted by molar-refractivity contribution is 5.61. The molecule has 1 saturated heterocycles. The lowest BCUT2D eigenvalue weighted by molar-refractivity contribution is 0.647. The van der Waals surface area contributed by atoms with Gasteiger partial charge in [0.25, 0.3) is 0 Å². The molecule has 150 valence electrons. The van der Waals surface area contributed by atoms with Crippen molar-refractivity contribution in [3.8, 4) is 17.2 Å². The quantitative estimate of drug-likeness (QED) is 0.526. The summed E-state index contributed by atoms with van der Waals surface area (Å²) in [5, 5.41) is 8.72. The molecule has 4 aromatic rings. The summed E-state index contributed by atoms with van der Waals surface area (Å²) in [5.74, 6) is 2.64. The van der Waals surface area contributed by atoms with Crippen LogP contribution in [0.3, 0.4) is 0 Å². The van der Waals surface area contributed by atoms with Gasteiger partial charge >= 0.3 is 0 Å². The molecule has 0 atom stereocenters. The van der Waals surface area contributed by atoms with Gasteiger partial charge in [0.2, 0.25) is 0 Å². The fourth-order valence-corrected chi connectivity index (χ4v) is 3.89. The molecule has 0 bridgehead atoms. The van der Waals surface area contributed by atoms with Crippen molar-refractivity contribution in [2.45, 2.75) is 6.92 Å². The normalized spacial score (nSPS) is 14.2. The zero-order valence-corrected chi connectivity index (χ0v) is 16.9. The average Bonchev–Trinajstić information content (AvgIpc) is 3.22. The third-order valence-electron chi connectivity index (χ3n) is 5.43. The second-order valence-electron chi connectivity index (χ2n) is 7.30. The fraction of sp³-hybridized carbons (Fsp3) is 0.217. The van der Waals surface area contributed by atoms with Crippen molar-refractivity contribution in [3.63, 3.8) is 0 Å². The molecule has 5 rings (SSSR count). The summed E-state index contributed by atoms with van der Waals surface area (Å²) in [4.78, 5) is 13.8. The third-order valence-corrected chi connectivity index (χ3v) is 5.43. The minimum absolute atomic E-state index is 0.757. The molecule has 7 nitrogen and oxygen atoms in total. The van der Waals surface area contributed by atoms with Crippen LogP contribution in [0.2, 0.25) is 0 Å². The largest absolute Gasteiger partial charge is 0.368 e. The topological polar surface area (TPSA) is 63.0 Å². The summed E-state index contributed by atoms with van der Waals surface area (Å²) in [5.41, 5.74) is 3.01. The van der Waals surface area contributed by atoms with Crippen LogP contribution in [0.15, 0.2) is 73.1 Å². The van der Waals surface area contributed by atoms with Crippen molar-refractivity contribution in [2.75, 3.05) is 36.0 Å². The molecule has 1 aromatic carbocycles. The summed E-state index contributed by atoms with van der Waals surface area (Å²) < 4.78 is 2.05. The highest BCUT2D eigenvalue weighted by Crippen LogP contribution is 2.25. The fourth-order valence-electron chi connectivity index (χ4n) is 3.89. The van der Waals surface area contributed by atoms with E-state index in [1.165, 1.54) is 0 Å². The SMILES string of the molecule is Cc1nnc(-c2cc(N3CCN(c4ccccn4)CC3)ccn2)n1-c1ccccc1. The van der Waals surface area contributed by atoms with Crippen LogP contribution in [0.4, 0.5) is 11.5 Å². The molecule has 7 heteroatoms. The monoisotopic (exact) mass is 397 g/mol. The highest BCUT2D eigenvalue weighted by Gasteiger charge is 2.20. The van der Waals surface area contributed by atoms with E-state index in [1.54, 1.807) is 0 Å². The average molecular weight is 397 g/mol. The van der Waals surface area contributed by atoms with Gasteiger partial charge in [-0.3, -0.25) is 9.55 Å². The molecule has 0 N–H and O–H groups in total. The molecule has 0 aliphatic carbocycles. The van der Waals surface area contributed by atoms with Crippen LogP contribution in [0.25, 0.3) is 17.2 Å². The first kappa shape index (κ1) is 18.3. The van der Waals surface area contributed by atoms with E-state index in [-0.39, 0.29) is 0 Å². The third kappa shape index (κ3) is 3.50. The van der Waals surface area contributed by atoms with Crippen molar-refractivity contribution in [1.29, 1.82) is 0 Å². The summed E-state index contributed by atoms with van der Waals surface area (Å²) in [6, 6.07) is 20.4. The van der Waals surface area contributed by atoms with E-state index in [0.29, 0.717) is 0 Å². The predicted octanol–water partition coefficient (Wildman–Crippen LogP) is 3.36. The van der Waals surface area contributed by atoms with E-state index in [1.807, 2.05) is 54.2 Å². The molecule has 0 spiro atoms. The first-order valence-electron chi connectivity index (χ1n) is 10.1. The Balaban J connectivity index is 1.39. The van der Waals surface area contributed by atoms with Gasteiger partial charge in [0, 0.05) is 49.9 Å². The van der Waals surface area contributed by atoms with E-state index >= 15 is 0 Å². The Morgan fingerprint density at radius 1 is 0.700 bits per heavy atom. The summed E-state index contributed by atoms with van der Waals surface area (Å²) in [6.45, 7) is 5.71. The van der Waals surface area contributed by atoms with Gasteiger partial charge in [-0.15, -0.1) is 10.2 Å². The van der Waals surface area contributed by atoms with E-state index < -0.39 is 0 Å². The van der Waals surface area contributed by atoms with E-state index in [0.717, 1.165) is 60.7 Å². The molecule has 30 heavy (non-hydrogen) atoms. The smallest absolute Gasteiger partial charge is 0.187 e. The van der Waals surface area contributed by atoms with Gasteiger partial charge in [0.15, 0.2) is 5.82 Å². The van der Waals surface area contributed by atoms with Gasteiger partial charge in [-0.05, 0) is 43.3 Å². The van der Waals surface area contributed by atoms with E-state index in [4.69, 9.17) is 0 Å². The maximum Gasteiger partial charge on any atom is 0.187 e. The van der Waals surface area contributed by atoms with Crippen molar-refractivity contribution in [2.24, 2.45) is 0 Å².